The number of aromatic hydroxyl groups is 2. The fourth-order valence-corrected chi connectivity index (χ4v) is 5.43. The average Bonchev–Trinajstić information content (AvgIpc) is 2.95. The zero-order valence-electron chi connectivity index (χ0n) is 24.1. The largest absolute Gasteiger partial charge is 0.508 e. The fraction of sp³-hybridized carbons (Fsp3) is 0.433. The molecule has 10 atom stereocenters. The van der Waals surface area contributed by atoms with Crippen LogP contribution in [0.1, 0.15) is 20.8 Å². The van der Waals surface area contributed by atoms with Gasteiger partial charge in [0.2, 0.25) is 23.8 Å². The van der Waals surface area contributed by atoms with Crippen LogP contribution in [0.2, 0.25) is 0 Å². The molecule has 0 spiro atoms. The van der Waals surface area contributed by atoms with Gasteiger partial charge in [0.15, 0.2) is 12.1 Å². The molecule has 2 saturated heterocycles. The number of hydrogen-bond donors (Lipinski definition) is 7. The molecule has 0 amide bonds. The molecule has 0 saturated carbocycles. The van der Waals surface area contributed by atoms with Crippen molar-refractivity contribution in [3.8, 4) is 34.3 Å². The van der Waals surface area contributed by atoms with Gasteiger partial charge in [-0.05, 0) is 45.0 Å². The molecular weight excluding hydrogens is 600 g/mol. The van der Waals surface area contributed by atoms with Crippen molar-refractivity contribution < 1.29 is 68.7 Å². The molecule has 1 aromatic heterocycles. The predicted octanol–water partition coefficient (Wildman–Crippen LogP) is -0.0977. The highest BCUT2D eigenvalue weighted by molar-refractivity contribution is 5.88. The summed E-state index contributed by atoms with van der Waals surface area (Å²) in [6.07, 6.45) is -12.5. The van der Waals surface area contributed by atoms with Gasteiger partial charge in [-0.15, -0.1) is 0 Å². The van der Waals surface area contributed by atoms with Crippen LogP contribution in [-0.2, 0) is 19.1 Å². The second-order valence-electron chi connectivity index (χ2n) is 11.0. The molecule has 3 heterocycles. The molecule has 7 N–H and O–H groups in total. The SMILES string of the molecule is CC(=O)C1C(O)OC(Oc2c(-c3ccc(O)cc3)oc3cc(OC4OC(C)C(O)C(O)C4O)cc(O)c3c2=O)C(C(C)=O)C1O. The lowest BCUT2D eigenvalue weighted by Crippen LogP contribution is -2.58. The van der Waals surface area contributed by atoms with Crippen LogP contribution in [0.15, 0.2) is 45.6 Å². The second-order valence-corrected chi connectivity index (χ2v) is 11.0. The lowest BCUT2D eigenvalue weighted by molar-refractivity contribution is -0.283. The predicted molar refractivity (Wildman–Crippen MR) is 150 cm³/mol. The van der Waals surface area contributed by atoms with Gasteiger partial charge in [0.1, 0.15) is 64.0 Å². The van der Waals surface area contributed by atoms with Crippen molar-refractivity contribution in [2.24, 2.45) is 11.8 Å². The number of benzene rings is 2. The number of aliphatic hydroxyl groups is 5. The summed E-state index contributed by atoms with van der Waals surface area (Å²) in [5.74, 6) is -6.17. The van der Waals surface area contributed by atoms with E-state index in [2.05, 4.69) is 0 Å². The van der Waals surface area contributed by atoms with Gasteiger partial charge in [-0.2, -0.15) is 0 Å². The van der Waals surface area contributed by atoms with E-state index in [0.29, 0.717) is 0 Å². The maximum atomic E-state index is 13.9. The fourth-order valence-electron chi connectivity index (χ4n) is 5.43. The third-order valence-corrected chi connectivity index (χ3v) is 7.88. The molecular formula is C30H32O15. The Bertz CT molecular complexity index is 1650. The van der Waals surface area contributed by atoms with Gasteiger partial charge in [-0.25, -0.2) is 0 Å². The molecule has 5 rings (SSSR count). The van der Waals surface area contributed by atoms with Crippen molar-refractivity contribution >= 4 is 22.5 Å². The number of carbonyl (C=O) groups is 2. The van der Waals surface area contributed by atoms with E-state index < -0.39 is 95.1 Å². The Hall–Kier alpha value is -4.09. The molecule has 0 bridgehead atoms. The summed E-state index contributed by atoms with van der Waals surface area (Å²) in [5.41, 5.74) is -1.07. The molecule has 0 radical (unpaired) electrons. The Labute approximate surface area is 254 Å². The number of aliphatic hydroxyl groups excluding tert-OH is 5. The molecule has 45 heavy (non-hydrogen) atoms. The molecule has 15 nitrogen and oxygen atoms in total. The molecule has 3 aromatic rings. The summed E-state index contributed by atoms with van der Waals surface area (Å²) in [7, 11) is 0. The summed E-state index contributed by atoms with van der Waals surface area (Å²) in [6.45, 7) is 3.66. The maximum absolute atomic E-state index is 13.9. The first-order valence-corrected chi connectivity index (χ1v) is 13.9. The van der Waals surface area contributed by atoms with Gasteiger partial charge in [0.25, 0.3) is 0 Å². The third kappa shape index (κ3) is 5.98. The Balaban J connectivity index is 1.61. The summed E-state index contributed by atoms with van der Waals surface area (Å²) in [5, 5.41) is 72.0. The number of ether oxygens (including phenoxy) is 4. The van der Waals surface area contributed by atoms with Gasteiger partial charge in [0, 0.05) is 17.7 Å². The van der Waals surface area contributed by atoms with Crippen LogP contribution in [0.25, 0.3) is 22.3 Å². The number of ketones is 2. The van der Waals surface area contributed by atoms with Gasteiger partial charge < -0.3 is 59.1 Å². The lowest BCUT2D eigenvalue weighted by atomic mass is 9.83. The van der Waals surface area contributed by atoms with Gasteiger partial charge in [-0.1, -0.05) is 0 Å². The highest BCUT2D eigenvalue weighted by atomic mass is 16.7. The van der Waals surface area contributed by atoms with Gasteiger partial charge >= 0.3 is 0 Å². The Kier molecular flexibility index (Phi) is 8.88. The van der Waals surface area contributed by atoms with Crippen LogP contribution < -0.4 is 14.9 Å². The zero-order valence-corrected chi connectivity index (χ0v) is 24.1. The summed E-state index contributed by atoms with van der Waals surface area (Å²) >= 11 is 0. The number of Topliss-reactive ketones (excluding diaryl/α,β-unsaturated/α-hetero) is 2. The minimum Gasteiger partial charge on any atom is -0.508 e. The topological polar surface area (TPSA) is 243 Å². The van der Waals surface area contributed by atoms with Crippen LogP contribution in [0, 0.1) is 11.8 Å². The van der Waals surface area contributed by atoms with Crippen LogP contribution in [-0.4, -0.2) is 96.7 Å². The minimum atomic E-state index is -1.89. The van der Waals surface area contributed by atoms with Crippen LogP contribution in [0.5, 0.6) is 23.0 Å². The van der Waals surface area contributed by atoms with E-state index in [-0.39, 0.29) is 28.4 Å². The van der Waals surface area contributed by atoms with E-state index in [4.69, 9.17) is 23.4 Å². The van der Waals surface area contributed by atoms with E-state index in [1.165, 1.54) is 37.3 Å². The molecule has 2 aromatic carbocycles. The molecule has 15 heteroatoms. The monoisotopic (exact) mass is 632 g/mol. The van der Waals surface area contributed by atoms with E-state index in [1.54, 1.807) is 0 Å². The first-order valence-electron chi connectivity index (χ1n) is 13.9. The van der Waals surface area contributed by atoms with Gasteiger partial charge in [0.05, 0.1) is 18.1 Å². The average molecular weight is 633 g/mol. The normalized spacial score (nSPS) is 31.8. The summed E-state index contributed by atoms with van der Waals surface area (Å²) in [4.78, 5) is 38.5. The number of carbonyl (C=O) groups excluding carboxylic acids is 2. The number of phenolic OH excluding ortho intramolecular Hbond substituents is 2. The molecule has 2 aliphatic rings. The maximum Gasteiger partial charge on any atom is 0.239 e. The number of rotatable bonds is 7. The van der Waals surface area contributed by atoms with Crippen molar-refractivity contribution in [3.63, 3.8) is 0 Å². The third-order valence-electron chi connectivity index (χ3n) is 7.88. The molecule has 10 unspecified atom stereocenters. The van der Waals surface area contributed by atoms with Crippen molar-refractivity contribution in [1.29, 1.82) is 0 Å². The number of fused-ring (bicyclic) bond motifs is 1. The van der Waals surface area contributed by atoms with Crippen LogP contribution in [0.3, 0.4) is 0 Å². The molecule has 0 aliphatic carbocycles. The van der Waals surface area contributed by atoms with E-state index in [1.807, 2.05) is 0 Å². The highest BCUT2D eigenvalue weighted by Gasteiger charge is 2.50. The quantitative estimate of drug-likeness (QED) is 0.180. The van der Waals surface area contributed by atoms with Crippen LogP contribution in [0.4, 0.5) is 0 Å². The zero-order chi connectivity index (χ0) is 32.9. The van der Waals surface area contributed by atoms with E-state index in [0.717, 1.165) is 19.9 Å². The standard InChI is InChI=1S/C30H32O15/c1-10(31)18-22(36)19(11(2)32)29(45-28(18)40)44-27-23(37)20-16(34)8-15(42-30-25(39)24(38)21(35)12(3)41-30)9-17(20)43-26(27)13-4-6-14(33)7-5-13/h4-9,12,18-19,21-22,24-25,28-30,33-36,38-40H,1-3H3. The first kappa shape index (κ1) is 32.3. The Morgan fingerprint density at radius 2 is 1.42 bits per heavy atom. The van der Waals surface area contributed by atoms with Crippen molar-refractivity contribution in [2.75, 3.05) is 0 Å². The van der Waals surface area contributed by atoms with Crippen molar-refractivity contribution in [2.45, 2.75) is 70.2 Å². The van der Waals surface area contributed by atoms with Crippen molar-refractivity contribution in [3.05, 3.63) is 46.6 Å². The summed E-state index contributed by atoms with van der Waals surface area (Å²) < 4.78 is 28.3. The Morgan fingerprint density at radius 3 is 2.04 bits per heavy atom. The highest BCUT2D eigenvalue weighted by Crippen LogP contribution is 2.39. The summed E-state index contributed by atoms with van der Waals surface area (Å²) in [6, 6.07) is 7.48. The first-order chi connectivity index (χ1) is 21.2. The number of hydrogen-bond acceptors (Lipinski definition) is 15. The van der Waals surface area contributed by atoms with Gasteiger partial charge in [-0.3, -0.25) is 14.4 Å². The number of phenols is 2. The lowest BCUT2D eigenvalue weighted by Gasteiger charge is -2.40. The smallest absolute Gasteiger partial charge is 0.239 e. The molecule has 242 valence electrons. The van der Waals surface area contributed by atoms with Crippen molar-refractivity contribution in [1.82, 2.24) is 0 Å². The van der Waals surface area contributed by atoms with Crippen LogP contribution >= 0.6 is 0 Å². The second kappa shape index (κ2) is 12.4. The van der Waals surface area contributed by atoms with E-state index >= 15 is 0 Å². The Morgan fingerprint density at radius 1 is 0.778 bits per heavy atom. The molecule has 2 fully saturated rings. The van der Waals surface area contributed by atoms with E-state index in [9.17, 15) is 50.1 Å². The molecule has 2 aliphatic heterocycles. The minimum absolute atomic E-state index is 0.126.